The Kier molecular flexibility index (Phi) is 5.24. The van der Waals surface area contributed by atoms with E-state index in [4.69, 9.17) is 14.5 Å². The molecule has 0 saturated carbocycles. The van der Waals surface area contributed by atoms with Crippen LogP contribution in [-0.2, 0) is 20.2 Å². The number of rotatable bonds is 2. The summed E-state index contributed by atoms with van der Waals surface area (Å²) in [6, 6.07) is 1.43. The van der Waals surface area contributed by atoms with Crippen molar-refractivity contribution in [2.45, 2.75) is 9.79 Å². The van der Waals surface area contributed by atoms with Gasteiger partial charge in [0.1, 0.15) is 9.79 Å². The molecule has 8 nitrogen and oxygen atoms in total. The number of hydrogen-bond donors (Lipinski definition) is 2. The summed E-state index contributed by atoms with van der Waals surface area (Å²) in [5.74, 6) is 0. The molecule has 0 aromatic heterocycles. The van der Waals surface area contributed by atoms with E-state index in [-0.39, 0.29) is 12.4 Å². The summed E-state index contributed by atoms with van der Waals surface area (Å²) in [6.07, 6.45) is 0. The molecule has 0 fully saturated rings. The second-order valence-corrected chi connectivity index (χ2v) is 6.38. The molecule has 1 aromatic carbocycles. The topological polar surface area (TPSA) is 137 Å². The van der Waals surface area contributed by atoms with Gasteiger partial charge in [0.2, 0.25) is 5.39 Å². The maximum atomic E-state index is 10.9. The minimum atomic E-state index is -4.74. The molecule has 0 amide bonds. The molecular formula is C6H4BrClN2O6S2. The van der Waals surface area contributed by atoms with Crippen LogP contribution in [0, 0.1) is 5.39 Å². The Hall–Kier alpha value is -0.770. The number of hydrogen-bond acceptors (Lipinski definition) is 5. The Labute approximate surface area is 117 Å². The highest BCUT2D eigenvalue weighted by atomic mass is 79.9. The van der Waals surface area contributed by atoms with Gasteiger partial charge in [-0.1, -0.05) is 0 Å². The van der Waals surface area contributed by atoms with Crippen LogP contribution in [0.2, 0.25) is 0 Å². The van der Waals surface area contributed by atoms with Gasteiger partial charge in [-0.25, -0.2) is 0 Å². The van der Waals surface area contributed by atoms with Crippen LogP contribution >= 0.6 is 15.9 Å². The van der Waals surface area contributed by atoms with E-state index in [9.17, 15) is 16.8 Å². The van der Waals surface area contributed by atoms with Crippen molar-refractivity contribution in [1.82, 2.24) is 0 Å². The number of halogens is 2. The molecule has 0 atom stereocenters. The predicted molar refractivity (Wildman–Crippen MR) is 58.5 cm³/mol. The highest BCUT2D eigenvalue weighted by Gasteiger charge is 2.28. The lowest BCUT2D eigenvalue weighted by molar-refractivity contribution is -0.0000119. The monoisotopic (exact) mass is 378 g/mol. The third-order valence-electron chi connectivity index (χ3n) is 1.66. The normalized spacial score (nSPS) is 11.4. The molecule has 0 aliphatic heterocycles. The molecule has 100 valence electrons. The Morgan fingerprint density at radius 2 is 1.39 bits per heavy atom. The van der Waals surface area contributed by atoms with Crippen LogP contribution in [0.5, 0.6) is 0 Å². The lowest BCUT2D eigenvalue weighted by Gasteiger charge is -2.03. The van der Waals surface area contributed by atoms with E-state index < -0.39 is 40.2 Å². The minimum Gasteiger partial charge on any atom is -1.00 e. The standard InChI is InChI=1S/C6H3BrN2O6S2.ClH/c7-6-4(16(10,11)12)1-3(9-8)2-5(6)17(13,14)15;/h1-2H,(H-,10,11,12,13,14,15);1H. The molecule has 12 heteroatoms. The molecule has 0 spiro atoms. The summed E-state index contributed by atoms with van der Waals surface area (Å²) in [4.78, 5) is 0.894. The van der Waals surface area contributed by atoms with E-state index in [0.29, 0.717) is 12.1 Å². The van der Waals surface area contributed by atoms with Gasteiger partial charge in [-0.15, -0.1) is 0 Å². The van der Waals surface area contributed by atoms with Crippen LogP contribution in [0.15, 0.2) is 26.4 Å². The lowest BCUT2D eigenvalue weighted by atomic mass is 10.3. The first-order chi connectivity index (χ1) is 7.57. The second-order valence-electron chi connectivity index (χ2n) is 2.81. The quantitative estimate of drug-likeness (QED) is 0.468. The Bertz CT molecular complexity index is 670. The van der Waals surface area contributed by atoms with Gasteiger partial charge in [-0.2, -0.15) is 16.8 Å². The van der Waals surface area contributed by atoms with Crippen molar-refractivity contribution < 1.29 is 38.3 Å². The number of nitrogens with zero attached hydrogens (tertiary/aromatic N) is 2. The predicted octanol–water partition coefficient (Wildman–Crippen LogP) is -1.57. The molecule has 0 heterocycles. The van der Waals surface area contributed by atoms with Crippen LogP contribution in [0.3, 0.4) is 0 Å². The highest BCUT2D eigenvalue weighted by molar-refractivity contribution is 9.10. The molecule has 0 saturated heterocycles. The SMILES string of the molecule is N#[N+]c1cc(S(=O)(=O)O)c(Br)c(S(=O)(=O)O)c1.[Cl-]. The third kappa shape index (κ3) is 3.61. The second kappa shape index (κ2) is 5.47. The number of diazo groups is 1. The first kappa shape index (κ1) is 17.2. The van der Waals surface area contributed by atoms with Gasteiger partial charge in [-0.3, -0.25) is 9.11 Å². The van der Waals surface area contributed by atoms with Gasteiger partial charge in [0.15, 0.2) is 4.98 Å². The van der Waals surface area contributed by atoms with Crippen molar-refractivity contribution in [3.63, 3.8) is 0 Å². The van der Waals surface area contributed by atoms with Crippen LogP contribution in [0.1, 0.15) is 0 Å². The van der Waals surface area contributed by atoms with Gasteiger partial charge in [0, 0.05) is 0 Å². The van der Waals surface area contributed by atoms with Crippen LogP contribution in [0.25, 0.3) is 4.98 Å². The smallest absolute Gasteiger partial charge is 0.387 e. The van der Waals surface area contributed by atoms with E-state index in [1.807, 2.05) is 0 Å². The highest BCUT2D eigenvalue weighted by Crippen LogP contribution is 2.33. The van der Waals surface area contributed by atoms with E-state index >= 15 is 0 Å². The average Bonchev–Trinajstić information content (AvgIpc) is 2.14. The molecule has 1 aromatic rings. The van der Waals surface area contributed by atoms with Crippen molar-refractivity contribution in [1.29, 1.82) is 5.39 Å². The maximum Gasteiger partial charge on any atom is 0.387 e. The summed E-state index contributed by atoms with van der Waals surface area (Å²) in [5, 5.41) is 8.47. The van der Waals surface area contributed by atoms with E-state index in [1.165, 1.54) is 0 Å². The molecule has 0 unspecified atom stereocenters. The van der Waals surface area contributed by atoms with Gasteiger partial charge in [0.05, 0.1) is 16.6 Å². The average molecular weight is 380 g/mol. The van der Waals surface area contributed by atoms with Crippen molar-refractivity contribution in [2.24, 2.45) is 0 Å². The summed E-state index contributed by atoms with van der Waals surface area (Å²) in [6.45, 7) is 0. The summed E-state index contributed by atoms with van der Waals surface area (Å²) >= 11 is 2.61. The van der Waals surface area contributed by atoms with Gasteiger partial charge in [0.25, 0.3) is 20.2 Å². The molecule has 0 aliphatic rings. The number of benzene rings is 1. The fourth-order valence-corrected chi connectivity index (χ4v) is 3.72. The van der Waals surface area contributed by atoms with Crippen molar-refractivity contribution in [2.75, 3.05) is 0 Å². The molecule has 1 rings (SSSR count). The largest absolute Gasteiger partial charge is 1.00 e. The maximum absolute atomic E-state index is 10.9. The fraction of sp³-hybridized carbons (Fsp3) is 0. The molecule has 0 radical (unpaired) electrons. The van der Waals surface area contributed by atoms with E-state index in [2.05, 4.69) is 20.9 Å². The van der Waals surface area contributed by atoms with Crippen LogP contribution < -0.4 is 12.4 Å². The van der Waals surface area contributed by atoms with Crippen molar-refractivity contribution in [3.8, 4) is 0 Å². The molecule has 18 heavy (non-hydrogen) atoms. The molecule has 0 aliphatic carbocycles. The summed E-state index contributed by atoms with van der Waals surface area (Å²) in [7, 11) is -9.48. The zero-order valence-corrected chi connectivity index (χ0v) is 12.1. The van der Waals surface area contributed by atoms with Gasteiger partial charge < -0.3 is 12.4 Å². The van der Waals surface area contributed by atoms with Crippen LogP contribution in [-0.4, -0.2) is 25.9 Å². The zero-order chi connectivity index (χ0) is 13.4. The minimum absolute atomic E-state index is 0. The Morgan fingerprint density at radius 1 is 1.06 bits per heavy atom. The van der Waals surface area contributed by atoms with Gasteiger partial charge in [-0.05, 0) is 15.9 Å². The van der Waals surface area contributed by atoms with Crippen molar-refractivity contribution >= 4 is 41.9 Å². The van der Waals surface area contributed by atoms with Crippen molar-refractivity contribution in [3.05, 3.63) is 21.6 Å². The Morgan fingerprint density at radius 3 is 1.61 bits per heavy atom. The first-order valence-corrected chi connectivity index (χ1v) is 7.38. The van der Waals surface area contributed by atoms with E-state index in [1.54, 1.807) is 0 Å². The zero-order valence-electron chi connectivity index (χ0n) is 8.15. The molecule has 2 N–H and O–H groups in total. The first-order valence-electron chi connectivity index (χ1n) is 3.71. The molecular weight excluding hydrogens is 376 g/mol. The summed E-state index contributed by atoms with van der Waals surface area (Å²) < 4.78 is 60.8. The third-order valence-corrected chi connectivity index (χ3v) is 4.80. The lowest BCUT2D eigenvalue weighted by Crippen LogP contribution is -3.00. The Balaban J connectivity index is 0.00000289. The fourth-order valence-electron chi connectivity index (χ4n) is 0.992. The van der Waals surface area contributed by atoms with Crippen LogP contribution in [0.4, 0.5) is 5.69 Å². The molecule has 0 bridgehead atoms. The summed E-state index contributed by atoms with van der Waals surface area (Å²) in [5.41, 5.74) is -0.464. The van der Waals surface area contributed by atoms with E-state index in [0.717, 1.165) is 0 Å². The van der Waals surface area contributed by atoms with Gasteiger partial charge >= 0.3 is 5.69 Å².